The highest BCUT2D eigenvalue weighted by molar-refractivity contribution is 5.94. The third-order valence-corrected chi connectivity index (χ3v) is 4.99. The molecule has 0 radical (unpaired) electrons. The lowest BCUT2D eigenvalue weighted by atomic mass is 10.0. The molecule has 0 saturated heterocycles. The monoisotopic (exact) mass is 545 g/mol. The number of amides is 1. The molecule has 13 heteroatoms. The van der Waals surface area contributed by atoms with Gasteiger partial charge in [0.1, 0.15) is 11.5 Å². The van der Waals surface area contributed by atoms with Crippen molar-refractivity contribution < 1.29 is 47.2 Å². The SMILES string of the molecule is COc1cccc(OC)c1-c1cc(C(=O)NC(CC(=O)O)CC(C)C)nn1CC(C)C.O=C(O)C(F)(F)F. The standard InChI is InChI=1S/C23H33N3O5.C2HF3O2/c1-14(2)10-16(11-21(27)28)24-23(29)17-12-18(26(25-17)13-15(3)4)22-19(30-5)8-7-9-20(22)31-6;3-2(4,5)1(6)7/h7-9,12,14-16H,10-11,13H2,1-6H3,(H,24,29)(H,27,28);(H,6,7). The number of nitrogens with one attached hydrogen (secondary N) is 1. The van der Waals surface area contributed by atoms with Crippen LogP contribution in [0.25, 0.3) is 11.3 Å². The smallest absolute Gasteiger partial charge is 0.490 e. The van der Waals surface area contributed by atoms with E-state index in [1.165, 1.54) is 0 Å². The van der Waals surface area contributed by atoms with Gasteiger partial charge in [-0.25, -0.2) is 4.79 Å². The van der Waals surface area contributed by atoms with E-state index >= 15 is 0 Å². The number of benzene rings is 1. The molecule has 1 atom stereocenters. The van der Waals surface area contributed by atoms with Crippen LogP contribution in [0.2, 0.25) is 0 Å². The zero-order chi connectivity index (χ0) is 29.2. The molecule has 38 heavy (non-hydrogen) atoms. The molecular weight excluding hydrogens is 511 g/mol. The fourth-order valence-corrected chi connectivity index (χ4v) is 3.55. The van der Waals surface area contributed by atoms with Crippen LogP contribution in [-0.2, 0) is 16.1 Å². The predicted octanol–water partition coefficient (Wildman–Crippen LogP) is 4.48. The maximum absolute atomic E-state index is 13.0. The molecular formula is C25H34F3N3O7. The van der Waals surface area contributed by atoms with Crippen molar-refractivity contribution >= 4 is 17.8 Å². The molecule has 0 saturated carbocycles. The molecule has 0 aliphatic rings. The van der Waals surface area contributed by atoms with Crippen LogP contribution in [0.15, 0.2) is 24.3 Å². The largest absolute Gasteiger partial charge is 0.496 e. The molecule has 0 bridgehead atoms. The number of carbonyl (C=O) groups excluding carboxylic acids is 1. The average molecular weight is 546 g/mol. The van der Waals surface area contributed by atoms with Crippen molar-refractivity contribution in [1.82, 2.24) is 15.1 Å². The molecule has 2 rings (SSSR count). The van der Waals surface area contributed by atoms with Crippen molar-refractivity contribution in [2.75, 3.05) is 14.2 Å². The summed E-state index contributed by atoms with van der Waals surface area (Å²) in [6.45, 7) is 8.70. The Morgan fingerprint density at radius 1 is 1.03 bits per heavy atom. The van der Waals surface area contributed by atoms with E-state index in [9.17, 15) is 27.9 Å². The maximum Gasteiger partial charge on any atom is 0.490 e. The molecule has 0 fully saturated rings. The number of carboxylic acids is 2. The van der Waals surface area contributed by atoms with Gasteiger partial charge in [0, 0.05) is 12.6 Å². The number of halogens is 3. The number of carbonyl (C=O) groups is 3. The highest BCUT2D eigenvalue weighted by atomic mass is 19.4. The highest BCUT2D eigenvalue weighted by Gasteiger charge is 2.38. The molecule has 10 nitrogen and oxygen atoms in total. The quantitative estimate of drug-likeness (QED) is 0.376. The molecule has 1 unspecified atom stereocenters. The fourth-order valence-electron chi connectivity index (χ4n) is 3.55. The van der Waals surface area contributed by atoms with E-state index < -0.39 is 30.1 Å². The molecule has 3 N–H and O–H groups in total. The summed E-state index contributed by atoms with van der Waals surface area (Å²) < 4.78 is 44.6. The second kappa shape index (κ2) is 14.2. The molecule has 0 aliphatic heterocycles. The summed E-state index contributed by atoms with van der Waals surface area (Å²) in [6, 6.07) is 6.72. The van der Waals surface area contributed by atoms with Crippen LogP contribution in [0.5, 0.6) is 11.5 Å². The molecule has 1 amide bonds. The molecule has 0 aliphatic carbocycles. The van der Waals surface area contributed by atoms with Crippen LogP contribution in [0.3, 0.4) is 0 Å². The van der Waals surface area contributed by atoms with E-state index in [-0.39, 0.29) is 24.0 Å². The van der Waals surface area contributed by atoms with E-state index in [1.807, 2.05) is 32.0 Å². The lowest BCUT2D eigenvalue weighted by Gasteiger charge is -2.18. The van der Waals surface area contributed by atoms with Gasteiger partial charge in [-0.15, -0.1) is 0 Å². The third kappa shape index (κ3) is 9.94. The molecule has 1 aromatic heterocycles. The van der Waals surface area contributed by atoms with Crippen molar-refractivity contribution in [1.29, 1.82) is 0 Å². The van der Waals surface area contributed by atoms with E-state index in [0.717, 1.165) is 0 Å². The first-order chi connectivity index (χ1) is 17.6. The number of hydrogen-bond acceptors (Lipinski definition) is 6. The predicted molar refractivity (Wildman–Crippen MR) is 132 cm³/mol. The lowest BCUT2D eigenvalue weighted by Crippen LogP contribution is -2.37. The number of rotatable bonds is 11. The summed E-state index contributed by atoms with van der Waals surface area (Å²) in [5.74, 6) is -2.35. The second-order valence-corrected chi connectivity index (χ2v) is 9.23. The molecule has 1 aromatic carbocycles. The highest BCUT2D eigenvalue weighted by Crippen LogP contribution is 2.38. The number of carboxylic acid groups (broad SMARTS) is 2. The van der Waals surface area contributed by atoms with Gasteiger partial charge in [-0.05, 0) is 36.5 Å². The normalized spacial score (nSPS) is 12.0. The van der Waals surface area contributed by atoms with Crippen molar-refractivity contribution in [2.45, 2.75) is 59.3 Å². The van der Waals surface area contributed by atoms with Gasteiger partial charge in [0.2, 0.25) is 0 Å². The van der Waals surface area contributed by atoms with Crippen LogP contribution < -0.4 is 14.8 Å². The van der Waals surface area contributed by atoms with Gasteiger partial charge in [0.15, 0.2) is 5.69 Å². The number of ether oxygens (including phenoxy) is 2. The topological polar surface area (TPSA) is 140 Å². The van der Waals surface area contributed by atoms with E-state index in [2.05, 4.69) is 24.3 Å². The first kappa shape index (κ1) is 32.3. The van der Waals surface area contributed by atoms with Crippen LogP contribution in [0.1, 0.15) is 51.0 Å². The van der Waals surface area contributed by atoms with Gasteiger partial charge in [-0.3, -0.25) is 14.3 Å². The summed E-state index contributed by atoms with van der Waals surface area (Å²) >= 11 is 0. The van der Waals surface area contributed by atoms with Gasteiger partial charge < -0.3 is 25.0 Å². The molecule has 212 valence electrons. The van der Waals surface area contributed by atoms with Gasteiger partial charge in [0.25, 0.3) is 5.91 Å². The van der Waals surface area contributed by atoms with Crippen molar-refractivity contribution in [3.8, 4) is 22.8 Å². The number of alkyl halides is 3. The van der Waals surface area contributed by atoms with E-state index in [4.69, 9.17) is 19.4 Å². The molecule has 2 aromatic rings. The van der Waals surface area contributed by atoms with Crippen molar-refractivity contribution in [2.24, 2.45) is 11.8 Å². The summed E-state index contributed by atoms with van der Waals surface area (Å²) in [5, 5.41) is 23.7. The Kier molecular flexibility index (Phi) is 12.1. The minimum atomic E-state index is -5.08. The molecule has 1 heterocycles. The van der Waals surface area contributed by atoms with Crippen LogP contribution in [0, 0.1) is 11.8 Å². The minimum absolute atomic E-state index is 0.135. The number of hydrogen-bond donors (Lipinski definition) is 3. The van der Waals surface area contributed by atoms with Gasteiger partial charge in [-0.2, -0.15) is 18.3 Å². The summed E-state index contributed by atoms with van der Waals surface area (Å²) in [5.41, 5.74) is 1.64. The Morgan fingerprint density at radius 2 is 1.55 bits per heavy atom. The Hall–Kier alpha value is -3.77. The van der Waals surface area contributed by atoms with Crippen molar-refractivity contribution in [3.05, 3.63) is 30.0 Å². The first-order valence-corrected chi connectivity index (χ1v) is 11.7. The van der Waals surface area contributed by atoms with Crippen LogP contribution in [-0.4, -0.2) is 64.3 Å². The number of methoxy groups -OCH3 is 2. The zero-order valence-electron chi connectivity index (χ0n) is 22.1. The van der Waals surface area contributed by atoms with E-state index in [1.54, 1.807) is 25.0 Å². The molecule has 0 spiro atoms. The number of nitrogens with zero attached hydrogens (tertiary/aromatic N) is 2. The summed E-state index contributed by atoms with van der Waals surface area (Å²) in [7, 11) is 3.16. The summed E-state index contributed by atoms with van der Waals surface area (Å²) in [4.78, 5) is 33.1. The number of aliphatic carboxylic acids is 2. The fraction of sp³-hybridized carbons (Fsp3) is 0.520. The maximum atomic E-state index is 13.0. The van der Waals surface area contributed by atoms with E-state index in [0.29, 0.717) is 35.7 Å². The van der Waals surface area contributed by atoms with Gasteiger partial charge in [-0.1, -0.05) is 33.8 Å². The third-order valence-electron chi connectivity index (χ3n) is 4.99. The van der Waals surface area contributed by atoms with Crippen molar-refractivity contribution in [3.63, 3.8) is 0 Å². The Bertz CT molecular complexity index is 1080. The van der Waals surface area contributed by atoms with Crippen LogP contribution >= 0.6 is 0 Å². The number of aromatic nitrogens is 2. The zero-order valence-corrected chi connectivity index (χ0v) is 22.1. The second-order valence-electron chi connectivity index (χ2n) is 9.23. The average Bonchev–Trinajstić information content (AvgIpc) is 3.20. The van der Waals surface area contributed by atoms with Crippen LogP contribution in [0.4, 0.5) is 13.2 Å². The minimum Gasteiger partial charge on any atom is -0.496 e. The Morgan fingerprint density at radius 3 is 1.95 bits per heavy atom. The Balaban J connectivity index is 0.000000905. The lowest BCUT2D eigenvalue weighted by molar-refractivity contribution is -0.192. The van der Waals surface area contributed by atoms with Gasteiger partial charge in [0.05, 0.1) is 31.9 Å². The summed E-state index contributed by atoms with van der Waals surface area (Å²) in [6.07, 6.45) is -4.65. The van der Waals surface area contributed by atoms with Gasteiger partial charge >= 0.3 is 18.1 Å². The first-order valence-electron chi connectivity index (χ1n) is 11.7. The Labute approximate surface area is 218 Å².